The van der Waals surface area contributed by atoms with E-state index in [0.29, 0.717) is 12.1 Å². The number of hydrogen-bond donors (Lipinski definition) is 2. The molecule has 0 saturated heterocycles. The maximum Gasteiger partial charge on any atom is 0.351 e. The molecule has 0 aromatic carbocycles. The van der Waals surface area contributed by atoms with Crippen LogP contribution in [0.25, 0.3) is 0 Å². The van der Waals surface area contributed by atoms with Crippen molar-refractivity contribution in [2.45, 2.75) is 40.5 Å². The van der Waals surface area contributed by atoms with E-state index in [1.54, 1.807) is 20.8 Å². The largest absolute Gasteiger partial charge is 0.481 e. The first-order valence-electron chi connectivity index (χ1n) is 6.02. The van der Waals surface area contributed by atoms with Crippen LogP contribution in [0.1, 0.15) is 40.5 Å². The minimum Gasteiger partial charge on any atom is -0.481 e. The molecule has 0 radical (unpaired) electrons. The van der Waals surface area contributed by atoms with Gasteiger partial charge in [-0.15, -0.1) is 0 Å². The van der Waals surface area contributed by atoms with Gasteiger partial charge < -0.3 is 9.94 Å². The molecule has 0 rings (SSSR count). The van der Waals surface area contributed by atoms with Crippen molar-refractivity contribution < 1.29 is 19.5 Å². The third-order valence-corrected chi connectivity index (χ3v) is 3.21. The minimum atomic E-state index is -0.795. The third-order valence-electron chi connectivity index (χ3n) is 3.21. The number of aliphatic carboxylic acids is 1. The van der Waals surface area contributed by atoms with Crippen LogP contribution < -0.4 is 5.48 Å². The van der Waals surface area contributed by atoms with Crippen molar-refractivity contribution in [1.29, 1.82) is 0 Å². The van der Waals surface area contributed by atoms with Gasteiger partial charge in [0.2, 0.25) is 0 Å². The number of rotatable bonds is 8. The predicted molar refractivity (Wildman–Crippen MR) is 68.7 cm³/mol. The van der Waals surface area contributed by atoms with Gasteiger partial charge in [0, 0.05) is 12.1 Å². The molecule has 5 heteroatoms. The average molecular weight is 257 g/mol. The summed E-state index contributed by atoms with van der Waals surface area (Å²) in [6.07, 6.45) is 1.48. The lowest BCUT2D eigenvalue weighted by Gasteiger charge is -2.27. The molecular weight excluding hydrogens is 234 g/mol. The van der Waals surface area contributed by atoms with Crippen molar-refractivity contribution in [1.82, 2.24) is 5.48 Å². The summed E-state index contributed by atoms with van der Waals surface area (Å²) < 4.78 is 0. The molecule has 1 unspecified atom stereocenters. The van der Waals surface area contributed by atoms with E-state index in [1.807, 2.05) is 6.92 Å². The van der Waals surface area contributed by atoms with Crippen molar-refractivity contribution in [2.24, 2.45) is 11.3 Å². The van der Waals surface area contributed by atoms with Gasteiger partial charge in [0.15, 0.2) is 0 Å². The highest BCUT2D eigenvalue weighted by atomic mass is 16.7. The van der Waals surface area contributed by atoms with Crippen molar-refractivity contribution >= 4 is 11.9 Å². The van der Waals surface area contributed by atoms with Crippen LogP contribution in [-0.2, 0) is 14.4 Å². The van der Waals surface area contributed by atoms with Crippen LogP contribution in [0, 0.1) is 11.3 Å². The molecule has 5 nitrogen and oxygen atoms in total. The number of carboxylic acids is 1. The first-order chi connectivity index (χ1) is 8.19. The summed E-state index contributed by atoms with van der Waals surface area (Å²) in [4.78, 5) is 26.8. The highest BCUT2D eigenvalue weighted by Gasteiger charge is 2.33. The van der Waals surface area contributed by atoms with E-state index in [9.17, 15) is 9.59 Å². The Morgan fingerprint density at radius 2 is 2.00 bits per heavy atom. The molecular formula is C13H23NO4. The summed E-state index contributed by atoms with van der Waals surface area (Å²) in [7, 11) is 0. The predicted octanol–water partition coefficient (Wildman–Crippen LogP) is 2.14. The number of nitrogens with one attached hydrogen (secondary N) is 1. The lowest BCUT2D eigenvalue weighted by atomic mass is 9.78. The number of carboxylic acid groups (broad SMARTS) is 1. The molecule has 18 heavy (non-hydrogen) atoms. The highest BCUT2D eigenvalue weighted by molar-refractivity contribution is 5.86. The molecule has 104 valence electrons. The summed E-state index contributed by atoms with van der Waals surface area (Å²) >= 11 is 0. The van der Waals surface area contributed by atoms with Gasteiger partial charge in [0.25, 0.3) is 0 Å². The van der Waals surface area contributed by atoms with E-state index in [-0.39, 0.29) is 5.92 Å². The lowest BCUT2D eigenvalue weighted by Crippen LogP contribution is -2.31. The normalized spacial score (nSPS) is 12.9. The van der Waals surface area contributed by atoms with Crippen molar-refractivity contribution in [3.05, 3.63) is 12.2 Å². The molecule has 0 fully saturated rings. The van der Waals surface area contributed by atoms with Crippen molar-refractivity contribution in [3.8, 4) is 0 Å². The van der Waals surface area contributed by atoms with Crippen LogP contribution in [0.5, 0.6) is 0 Å². The zero-order valence-corrected chi connectivity index (χ0v) is 11.6. The number of hydrogen-bond acceptors (Lipinski definition) is 4. The van der Waals surface area contributed by atoms with E-state index in [4.69, 9.17) is 9.94 Å². The Morgan fingerprint density at radius 1 is 1.44 bits per heavy atom. The quantitative estimate of drug-likeness (QED) is 0.396. The summed E-state index contributed by atoms with van der Waals surface area (Å²) in [5.74, 6) is -1.22. The van der Waals surface area contributed by atoms with Crippen LogP contribution in [0.3, 0.4) is 0 Å². The Bertz CT molecular complexity index is 323. The molecule has 0 saturated carbocycles. The Hall–Kier alpha value is -1.36. The van der Waals surface area contributed by atoms with Gasteiger partial charge in [-0.25, -0.2) is 4.79 Å². The SMILES string of the molecule is C=C(C)C(=O)ONCCCC(C)C(C)(C)C(=O)O. The van der Waals surface area contributed by atoms with E-state index in [0.717, 1.165) is 12.8 Å². The van der Waals surface area contributed by atoms with E-state index in [2.05, 4.69) is 12.1 Å². The summed E-state index contributed by atoms with van der Waals surface area (Å²) in [5, 5.41) is 9.05. The number of carbonyl (C=O) groups excluding carboxylic acids is 1. The first-order valence-corrected chi connectivity index (χ1v) is 6.02. The topological polar surface area (TPSA) is 75.6 Å². The summed E-state index contributed by atoms with van der Waals surface area (Å²) in [6.45, 7) is 10.9. The monoisotopic (exact) mass is 257 g/mol. The fourth-order valence-electron chi connectivity index (χ4n) is 1.26. The molecule has 2 N–H and O–H groups in total. The second-order valence-electron chi connectivity index (χ2n) is 5.13. The van der Waals surface area contributed by atoms with Crippen LogP contribution >= 0.6 is 0 Å². The second-order valence-corrected chi connectivity index (χ2v) is 5.13. The molecule has 0 heterocycles. The Labute approximate surface area is 108 Å². The number of hydroxylamine groups is 1. The molecule has 0 amide bonds. The molecule has 0 aliphatic carbocycles. The van der Waals surface area contributed by atoms with Crippen molar-refractivity contribution in [2.75, 3.05) is 6.54 Å². The maximum atomic E-state index is 11.0. The molecule has 0 bridgehead atoms. The Kier molecular flexibility index (Phi) is 6.62. The van der Waals surface area contributed by atoms with Gasteiger partial charge in [0.05, 0.1) is 5.41 Å². The lowest BCUT2D eigenvalue weighted by molar-refractivity contribution is -0.149. The van der Waals surface area contributed by atoms with Crippen LogP contribution in [0.2, 0.25) is 0 Å². The summed E-state index contributed by atoms with van der Waals surface area (Å²) in [5.41, 5.74) is 2.14. The fourth-order valence-corrected chi connectivity index (χ4v) is 1.26. The average Bonchev–Trinajstić information content (AvgIpc) is 2.27. The van der Waals surface area contributed by atoms with Crippen LogP contribution in [0.15, 0.2) is 12.2 Å². The fraction of sp³-hybridized carbons (Fsp3) is 0.692. The van der Waals surface area contributed by atoms with E-state index < -0.39 is 17.4 Å². The van der Waals surface area contributed by atoms with Gasteiger partial charge in [-0.05, 0) is 39.5 Å². The molecule has 0 aliphatic rings. The maximum absolute atomic E-state index is 11.0. The zero-order chi connectivity index (χ0) is 14.3. The van der Waals surface area contributed by atoms with Gasteiger partial charge >= 0.3 is 11.9 Å². The molecule has 0 aromatic rings. The van der Waals surface area contributed by atoms with E-state index in [1.165, 1.54) is 0 Å². The highest BCUT2D eigenvalue weighted by Crippen LogP contribution is 2.30. The van der Waals surface area contributed by atoms with Crippen molar-refractivity contribution in [3.63, 3.8) is 0 Å². The van der Waals surface area contributed by atoms with Gasteiger partial charge in [-0.2, -0.15) is 5.48 Å². The van der Waals surface area contributed by atoms with Gasteiger partial charge in [-0.1, -0.05) is 13.5 Å². The number of carbonyl (C=O) groups is 2. The molecule has 0 spiro atoms. The summed E-state index contributed by atoms with van der Waals surface area (Å²) in [6, 6.07) is 0. The molecule has 0 aliphatic heterocycles. The Balaban J connectivity index is 3.83. The van der Waals surface area contributed by atoms with Gasteiger partial charge in [0.1, 0.15) is 0 Å². The third kappa shape index (κ3) is 5.31. The zero-order valence-electron chi connectivity index (χ0n) is 11.6. The smallest absolute Gasteiger partial charge is 0.351 e. The standard InChI is InChI=1S/C13H23NO4/c1-9(2)11(15)18-14-8-6-7-10(3)13(4,5)12(16)17/h10,14H,1,6-8H2,2-5H3,(H,16,17). The Morgan fingerprint density at radius 3 is 2.44 bits per heavy atom. The van der Waals surface area contributed by atoms with Crippen LogP contribution in [0.4, 0.5) is 0 Å². The molecule has 1 atom stereocenters. The minimum absolute atomic E-state index is 0.0497. The van der Waals surface area contributed by atoms with E-state index >= 15 is 0 Å². The molecule has 0 aromatic heterocycles. The first kappa shape index (κ1) is 16.6. The van der Waals surface area contributed by atoms with Gasteiger partial charge in [-0.3, -0.25) is 4.79 Å². The second kappa shape index (κ2) is 7.16. The van der Waals surface area contributed by atoms with Crippen LogP contribution in [-0.4, -0.2) is 23.6 Å².